The monoisotopic (exact) mass is 278 g/mol. The van der Waals surface area contributed by atoms with Crippen LogP contribution in [0.4, 0.5) is 0 Å². The van der Waals surface area contributed by atoms with Gasteiger partial charge >= 0.3 is 0 Å². The summed E-state index contributed by atoms with van der Waals surface area (Å²) in [5.74, 6) is -0.00170. The zero-order valence-corrected chi connectivity index (χ0v) is 11.7. The maximum absolute atomic E-state index is 11.5. The van der Waals surface area contributed by atoms with Crippen LogP contribution in [-0.4, -0.2) is 11.9 Å². The molecule has 2 aromatic rings. The summed E-state index contributed by atoms with van der Waals surface area (Å²) in [6.07, 6.45) is 0.369. The second-order valence-electron chi connectivity index (χ2n) is 4.64. The maximum atomic E-state index is 11.5. The molecule has 0 aromatic heterocycles. The molecule has 0 fully saturated rings. The third-order valence-electron chi connectivity index (χ3n) is 2.81. The minimum atomic E-state index is -0.0957. The summed E-state index contributed by atoms with van der Waals surface area (Å²) in [7, 11) is 0. The third kappa shape index (κ3) is 4.54. The highest BCUT2D eigenvalue weighted by Crippen LogP contribution is 2.15. The number of amides is 1. The van der Waals surface area contributed by atoms with Crippen LogP contribution < -0.4 is 11.1 Å². The lowest BCUT2D eigenvalue weighted by atomic mass is 10.1. The molecule has 0 saturated carbocycles. The minimum Gasteiger partial charge on any atom is -0.352 e. The summed E-state index contributed by atoms with van der Waals surface area (Å²) in [4.78, 5) is 11.5. The van der Waals surface area contributed by atoms with E-state index in [1.807, 2.05) is 25.1 Å². The van der Waals surface area contributed by atoms with Gasteiger partial charge in [-0.05, 0) is 29.3 Å². The molecule has 0 saturated heterocycles. The fraction of sp³-hybridized carbons (Fsp3) is 0.267. The average molecular weight is 279 g/mol. The van der Waals surface area contributed by atoms with Crippen LogP contribution in [0.15, 0.2) is 42.5 Å². The molecule has 2 aromatic carbocycles. The van der Waals surface area contributed by atoms with Gasteiger partial charge in [0, 0.05) is 19.0 Å². The average Bonchev–Trinajstić information content (AvgIpc) is 2.35. The van der Waals surface area contributed by atoms with E-state index in [1.165, 1.54) is 10.8 Å². The number of hydrogen-bond acceptors (Lipinski definition) is 2. The zero-order valence-electron chi connectivity index (χ0n) is 10.9. The van der Waals surface area contributed by atoms with Crippen molar-refractivity contribution in [1.29, 1.82) is 0 Å². The molecule has 4 heteroatoms. The van der Waals surface area contributed by atoms with Crippen molar-refractivity contribution in [2.45, 2.75) is 25.9 Å². The van der Waals surface area contributed by atoms with Crippen molar-refractivity contribution in [3.63, 3.8) is 0 Å². The second kappa shape index (κ2) is 7.12. The Morgan fingerprint density at radius 1 is 1.21 bits per heavy atom. The molecule has 1 amide bonds. The molecule has 1 unspecified atom stereocenters. The van der Waals surface area contributed by atoms with Gasteiger partial charge in [0.2, 0.25) is 5.91 Å². The predicted molar refractivity (Wildman–Crippen MR) is 81.3 cm³/mol. The molecule has 1 atom stereocenters. The van der Waals surface area contributed by atoms with E-state index < -0.39 is 0 Å². The Bertz CT molecular complexity index is 555. The van der Waals surface area contributed by atoms with E-state index in [4.69, 9.17) is 5.73 Å². The highest BCUT2D eigenvalue weighted by Gasteiger charge is 2.04. The summed E-state index contributed by atoms with van der Waals surface area (Å²) in [6, 6.07) is 14.3. The SMILES string of the molecule is CC(N)CC(=O)NCc1ccc2ccccc2c1.Cl. The number of carbonyl (C=O) groups is 1. The van der Waals surface area contributed by atoms with Gasteiger partial charge in [0.25, 0.3) is 0 Å². The number of rotatable bonds is 4. The van der Waals surface area contributed by atoms with Crippen molar-refractivity contribution in [3.8, 4) is 0 Å². The number of halogens is 1. The van der Waals surface area contributed by atoms with Gasteiger partial charge in [0.1, 0.15) is 0 Å². The molecular formula is C15H19ClN2O. The molecule has 0 aliphatic rings. The molecule has 0 radical (unpaired) electrons. The summed E-state index contributed by atoms with van der Waals surface area (Å²) in [6.45, 7) is 2.38. The highest BCUT2D eigenvalue weighted by molar-refractivity contribution is 5.85. The van der Waals surface area contributed by atoms with E-state index in [2.05, 4.69) is 29.6 Å². The fourth-order valence-corrected chi connectivity index (χ4v) is 1.91. The molecular weight excluding hydrogens is 260 g/mol. The van der Waals surface area contributed by atoms with Gasteiger partial charge in [-0.1, -0.05) is 36.4 Å². The van der Waals surface area contributed by atoms with Gasteiger partial charge in [0.15, 0.2) is 0 Å². The third-order valence-corrected chi connectivity index (χ3v) is 2.81. The number of hydrogen-bond donors (Lipinski definition) is 2. The number of nitrogens with two attached hydrogens (primary N) is 1. The molecule has 19 heavy (non-hydrogen) atoms. The van der Waals surface area contributed by atoms with Crippen LogP contribution >= 0.6 is 12.4 Å². The van der Waals surface area contributed by atoms with Crippen molar-refractivity contribution < 1.29 is 4.79 Å². The largest absolute Gasteiger partial charge is 0.352 e. The fourth-order valence-electron chi connectivity index (χ4n) is 1.91. The van der Waals surface area contributed by atoms with E-state index in [-0.39, 0.29) is 24.4 Å². The molecule has 3 nitrogen and oxygen atoms in total. The van der Waals surface area contributed by atoms with Gasteiger partial charge in [0.05, 0.1) is 0 Å². The normalized spacial score (nSPS) is 11.7. The van der Waals surface area contributed by atoms with Crippen molar-refractivity contribution in [3.05, 3.63) is 48.0 Å². The van der Waals surface area contributed by atoms with Crippen molar-refractivity contribution >= 4 is 29.1 Å². The quantitative estimate of drug-likeness (QED) is 0.903. The van der Waals surface area contributed by atoms with Crippen LogP contribution in [0.5, 0.6) is 0 Å². The summed E-state index contributed by atoms with van der Waals surface area (Å²) >= 11 is 0. The van der Waals surface area contributed by atoms with Crippen molar-refractivity contribution in [1.82, 2.24) is 5.32 Å². The van der Waals surface area contributed by atoms with Crippen molar-refractivity contribution in [2.75, 3.05) is 0 Å². The lowest BCUT2D eigenvalue weighted by Crippen LogP contribution is -2.29. The molecule has 0 bridgehead atoms. The van der Waals surface area contributed by atoms with Crippen LogP contribution in [0, 0.1) is 0 Å². The first kappa shape index (κ1) is 15.5. The second-order valence-corrected chi connectivity index (χ2v) is 4.64. The zero-order chi connectivity index (χ0) is 13.0. The van der Waals surface area contributed by atoms with E-state index >= 15 is 0 Å². The first-order valence-electron chi connectivity index (χ1n) is 6.15. The van der Waals surface area contributed by atoms with Crippen LogP contribution in [-0.2, 0) is 11.3 Å². The number of fused-ring (bicyclic) bond motifs is 1. The predicted octanol–water partition coefficient (Wildman–Crippen LogP) is 2.62. The van der Waals surface area contributed by atoms with Gasteiger partial charge < -0.3 is 11.1 Å². The molecule has 102 valence electrons. The Hall–Kier alpha value is -1.58. The molecule has 0 spiro atoms. The van der Waals surface area contributed by atoms with Crippen LogP contribution in [0.2, 0.25) is 0 Å². The first-order chi connectivity index (χ1) is 8.65. The van der Waals surface area contributed by atoms with Crippen LogP contribution in [0.1, 0.15) is 18.9 Å². The smallest absolute Gasteiger partial charge is 0.221 e. The molecule has 0 heterocycles. The number of carbonyl (C=O) groups excluding carboxylic acids is 1. The van der Waals surface area contributed by atoms with E-state index in [0.717, 1.165) is 5.56 Å². The molecule has 0 aliphatic carbocycles. The van der Waals surface area contributed by atoms with Crippen molar-refractivity contribution in [2.24, 2.45) is 5.73 Å². The van der Waals surface area contributed by atoms with Gasteiger partial charge in [-0.2, -0.15) is 0 Å². The first-order valence-corrected chi connectivity index (χ1v) is 6.15. The standard InChI is InChI=1S/C15H18N2O.ClH/c1-11(16)8-15(18)17-10-12-6-7-13-4-2-3-5-14(13)9-12;/h2-7,9,11H,8,10,16H2,1H3,(H,17,18);1H. The summed E-state index contributed by atoms with van der Waals surface area (Å²) < 4.78 is 0. The summed E-state index contributed by atoms with van der Waals surface area (Å²) in [5.41, 5.74) is 6.68. The Morgan fingerprint density at radius 2 is 1.89 bits per heavy atom. The summed E-state index contributed by atoms with van der Waals surface area (Å²) in [5, 5.41) is 5.28. The number of benzene rings is 2. The Kier molecular flexibility index (Phi) is 5.80. The highest BCUT2D eigenvalue weighted by atomic mass is 35.5. The Balaban J connectivity index is 0.00000180. The van der Waals surface area contributed by atoms with Crippen LogP contribution in [0.3, 0.4) is 0 Å². The maximum Gasteiger partial charge on any atom is 0.221 e. The Morgan fingerprint density at radius 3 is 2.58 bits per heavy atom. The van der Waals surface area contributed by atoms with E-state index in [1.54, 1.807) is 0 Å². The van der Waals surface area contributed by atoms with Crippen LogP contribution in [0.25, 0.3) is 10.8 Å². The van der Waals surface area contributed by atoms with Gasteiger partial charge in [-0.25, -0.2) is 0 Å². The minimum absolute atomic E-state index is 0. The lowest BCUT2D eigenvalue weighted by molar-refractivity contribution is -0.121. The molecule has 3 N–H and O–H groups in total. The van der Waals surface area contributed by atoms with E-state index in [0.29, 0.717) is 13.0 Å². The lowest BCUT2D eigenvalue weighted by Gasteiger charge is -2.08. The number of nitrogens with one attached hydrogen (secondary N) is 1. The van der Waals surface area contributed by atoms with E-state index in [9.17, 15) is 4.79 Å². The topological polar surface area (TPSA) is 55.1 Å². The van der Waals surface area contributed by atoms with Gasteiger partial charge in [-0.15, -0.1) is 12.4 Å². The molecule has 0 aliphatic heterocycles. The van der Waals surface area contributed by atoms with Gasteiger partial charge in [-0.3, -0.25) is 4.79 Å². The molecule has 2 rings (SSSR count). The Labute approximate surface area is 119 Å².